The molecule has 3 aromatic rings. The van der Waals surface area contributed by atoms with E-state index in [1.807, 2.05) is 0 Å². The third kappa shape index (κ3) is 5.63. The molecule has 1 saturated carbocycles. The predicted octanol–water partition coefficient (Wildman–Crippen LogP) is 3.84. The first-order valence-electron chi connectivity index (χ1n) is 12.5. The van der Waals surface area contributed by atoms with E-state index >= 15 is 0 Å². The Balaban J connectivity index is 1.40. The van der Waals surface area contributed by atoms with Gasteiger partial charge in [0.25, 0.3) is 0 Å². The molecule has 0 spiro atoms. The molecule has 14 heteroatoms. The number of hydrogen-bond donors (Lipinski definition) is 1. The number of halogens is 4. The SMILES string of the molecule is Nc1ccccc1CS(=O)(=O)N1CCN(c2cnn(-c3cccc(Cl)c3)c(=O)c2OCC2(C(F)(F)F)CC2)CC1. The molecule has 2 aliphatic rings. The zero-order valence-electron chi connectivity index (χ0n) is 21.3. The maximum Gasteiger partial charge on any atom is 0.397 e. The second kappa shape index (κ2) is 10.6. The predicted molar refractivity (Wildman–Crippen MR) is 145 cm³/mol. The molecule has 0 unspecified atom stereocenters. The van der Waals surface area contributed by atoms with Crippen LogP contribution in [0.2, 0.25) is 5.02 Å². The summed E-state index contributed by atoms with van der Waals surface area (Å²) in [7, 11) is -3.69. The van der Waals surface area contributed by atoms with Crippen molar-refractivity contribution >= 4 is 33.0 Å². The molecule has 1 saturated heterocycles. The largest absolute Gasteiger partial charge is 0.485 e. The van der Waals surface area contributed by atoms with Gasteiger partial charge in [-0.3, -0.25) is 4.79 Å². The second-order valence-electron chi connectivity index (χ2n) is 9.96. The van der Waals surface area contributed by atoms with Crippen molar-refractivity contribution in [2.24, 2.45) is 5.41 Å². The molecule has 2 N–H and O–H groups in total. The Hall–Kier alpha value is -3.29. The van der Waals surface area contributed by atoms with Crippen molar-refractivity contribution in [1.29, 1.82) is 0 Å². The number of alkyl halides is 3. The number of anilines is 2. The third-order valence-corrected chi connectivity index (χ3v) is 9.34. The van der Waals surface area contributed by atoms with Crippen LogP contribution in [-0.4, -0.2) is 61.5 Å². The first-order chi connectivity index (χ1) is 18.9. The van der Waals surface area contributed by atoms with Crippen molar-refractivity contribution in [1.82, 2.24) is 14.1 Å². The molecule has 0 radical (unpaired) electrons. The maximum absolute atomic E-state index is 13.6. The van der Waals surface area contributed by atoms with Crippen LogP contribution < -0.4 is 20.9 Å². The summed E-state index contributed by atoms with van der Waals surface area (Å²) in [5.74, 6) is -0.538. The fourth-order valence-electron chi connectivity index (χ4n) is 4.61. The molecule has 0 bridgehead atoms. The van der Waals surface area contributed by atoms with Crippen LogP contribution in [0.5, 0.6) is 5.75 Å². The number of piperazine rings is 1. The van der Waals surface area contributed by atoms with Gasteiger partial charge in [-0.25, -0.2) is 8.42 Å². The summed E-state index contributed by atoms with van der Waals surface area (Å²) >= 11 is 6.06. The van der Waals surface area contributed by atoms with Gasteiger partial charge < -0.3 is 15.4 Å². The monoisotopic (exact) mass is 597 g/mol. The van der Waals surface area contributed by atoms with Crippen LogP contribution in [-0.2, 0) is 15.8 Å². The third-order valence-electron chi connectivity index (χ3n) is 7.28. The number of rotatable bonds is 8. The summed E-state index contributed by atoms with van der Waals surface area (Å²) < 4.78 is 74.9. The molecular formula is C26H27ClF3N5O4S. The molecule has 0 amide bonds. The van der Waals surface area contributed by atoms with E-state index in [1.54, 1.807) is 47.4 Å². The number of benzene rings is 2. The highest BCUT2D eigenvalue weighted by Crippen LogP contribution is 2.57. The van der Waals surface area contributed by atoms with Gasteiger partial charge in [-0.1, -0.05) is 35.9 Å². The Morgan fingerprint density at radius 3 is 2.38 bits per heavy atom. The van der Waals surface area contributed by atoms with Gasteiger partial charge in [0.05, 0.1) is 17.6 Å². The second-order valence-corrected chi connectivity index (χ2v) is 12.4. The van der Waals surface area contributed by atoms with E-state index in [0.717, 1.165) is 4.68 Å². The Kier molecular flexibility index (Phi) is 7.48. The topological polar surface area (TPSA) is 111 Å². The molecule has 40 heavy (non-hydrogen) atoms. The number of hydrogen-bond acceptors (Lipinski definition) is 7. The zero-order chi connectivity index (χ0) is 28.7. The summed E-state index contributed by atoms with van der Waals surface area (Å²) in [5.41, 5.74) is 4.58. The molecule has 2 heterocycles. The Labute approximate surface area is 233 Å². The molecule has 1 aliphatic heterocycles. The van der Waals surface area contributed by atoms with Crippen molar-refractivity contribution in [3.05, 3.63) is 75.7 Å². The molecule has 9 nitrogen and oxygen atoms in total. The van der Waals surface area contributed by atoms with Crippen molar-refractivity contribution in [3.8, 4) is 11.4 Å². The van der Waals surface area contributed by atoms with Crippen molar-refractivity contribution in [3.63, 3.8) is 0 Å². The number of nitrogens with two attached hydrogens (primary N) is 1. The van der Waals surface area contributed by atoms with Crippen LogP contribution in [0.15, 0.2) is 59.5 Å². The molecule has 0 atom stereocenters. The number of nitrogen functional groups attached to an aromatic ring is 1. The average Bonchev–Trinajstić information content (AvgIpc) is 3.71. The summed E-state index contributed by atoms with van der Waals surface area (Å²) in [5, 5.41) is 4.57. The van der Waals surface area contributed by atoms with Crippen LogP contribution in [0.3, 0.4) is 0 Å². The van der Waals surface area contributed by atoms with E-state index in [0.29, 0.717) is 22.0 Å². The Bertz CT molecular complexity index is 1570. The highest BCUT2D eigenvalue weighted by Gasteiger charge is 2.64. The standard InChI is InChI=1S/C26H27ClF3N5O4S/c27-19-5-3-6-20(14-19)35-24(36)23(39-17-25(8-9-25)26(28,29)30)22(15-32-35)33-10-12-34(13-11-33)40(37,38)16-18-4-1-2-7-21(18)31/h1-7,14-15H,8-13,16-17,31H2. The summed E-state index contributed by atoms with van der Waals surface area (Å²) in [6, 6.07) is 13.0. The molecule has 2 fully saturated rings. The fourth-order valence-corrected chi connectivity index (χ4v) is 6.36. The van der Waals surface area contributed by atoms with E-state index in [1.165, 1.54) is 16.6 Å². The normalized spacial score (nSPS) is 17.6. The van der Waals surface area contributed by atoms with Gasteiger partial charge in [0.2, 0.25) is 15.8 Å². The zero-order valence-corrected chi connectivity index (χ0v) is 22.8. The Morgan fingerprint density at radius 1 is 1.05 bits per heavy atom. The van der Waals surface area contributed by atoms with E-state index in [4.69, 9.17) is 22.1 Å². The molecule has 5 rings (SSSR count). The van der Waals surface area contributed by atoms with Gasteiger partial charge in [0, 0.05) is 36.9 Å². The van der Waals surface area contributed by atoms with Crippen LogP contribution in [0, 0.1) is 5.41 Å². The lowest BCUT2D eigenvalue weighted by atomic mass is 10.1. The Morgan fingerprint density at radius 2 is 1.75 bits per heavy atom. The fraction of sp³-hybridized carbons (Fsp3) is 0.385. The number of para-hydroxylation sites is 1. The quantitative estimate of drug-likeness (QED) is 0.393. The average molecular weight is 598 g/mol. The molecular weight excluding hydrogens is 571 g/mol. The highest BCUT2D eigenvalue weighted by atomic mass is 35.5. The maximum atomic E-state index is 13.6. The van der Waals surface area contributed by atoms with Gasteiger partial charge in [-0.2, -0.15) is 27.3 Å². The van der Waals surface area contributed by atoms with E-state index < -0.39 is 33.8 Å². The first kappa shape index (κ1) is 28.2. The lowest BCUT2D eigenvalue weighted by Crippen LogP contribution is -2.49. The molecule has 214 valence electrons. The van der Waals surface area contributed by atoms with E-state index in [-0.39, 0.29) is 56.2 Å². The minimum atomic E-state index is -4.46. The highest BCUT2D eigenvalue weighted by molar-refractivity contribution is 7.88. The van der Waals surface area contributed by atoms with Gasteiger partial charge >= 0.3 is 11.7 Å². The summed E-state index contributed by atoms with van der Waals surface area (Å²) in [6.45, 7) is -0.166. The van der Waals surface area contributed by atoms with Crippen molar-refractivity contribution < 1.29 is 26.3 Å². The summed E-state index contributed by atoms with van der Waals surface area (Å²) in [4.78, 5) is 15.2. The van der Waals surface area contributed by atoms with E-state index in [2.05, 4.69) is 5.10 Å². The number of sulfonamides is 1. The number of nitrogens with zero attached hydrogens (tertiary/aromatic N) is 4. The van der Waals surface area contributed by atoms with Gasteiger partial charge in [-0.15, -0.1) is 0 Å². The van der Waals surface area contributed by atoms with Gasteiger partial charge in [0.1, 0.15) is 17.7 Å². The summed E-state index contributed by atoms with van der Waals surface area (Å²) in [6.07, 6.45) is -3.28. The van der Waals surface area contributed by atoms with Crippen LogP contribution in [0.4, 0.5) is 24.5 Å². The van der Waals surface area contributed by atoms with Gasteiger partial charge in [0.15, 0.2) is 0 Å². The van der Waals surface area contributed by atoms with Crippen LogP contribution in [0.1, 0.15) is 18.4 Å². The first-order valence-corrected chi connectivity index (χ1v) is 14.5. The van der Waals surface area contributed by atoms with E-state index in [9.17, 15) is 26.4 Å². The minimum absolute atomic E-state index is 0.0815. The lowest BCUT2D eigenvalue weighted by molar-refractivity contribution is -0.194. The molecule has 2 aromatic carbocycles. The minimum Gasteiger partial charge on any atom is -0.485 e. The molecule has 1 aromatic heterocycles. The van der Waals surface area contributed by atoms with Crippen molar-refractivity contribution in [2.75, 3.05) is 43.4 Å². The smallest absolute Gasteiger partial charge is 0.397 e. The number of aromatic nitrogens is 2. The molecule has 1 aliphatic carbocycles. The van der Waals surface area contributed by atoms with Gasteiger partial charge in [-0.05, 0) is 42.7 Å². The number of ether oxygens (including phenoxy) is 1. The lowest BCUT2D eigenvalue weighted by Gasteiger charge is -2.36. The van der Waals surface area contributed by atoms with Crippen molar-refractivity contribution in [2.45, 2.75) is 24.8 Å². The van der Waals surface area contributed by atoms with Crippen LogP contribution in [0.25, 0.3) is 5.69 Å². The van der Waals surface area contributed by atoms with Crippen LogP contribution >= 0.6 is 11.6 Å².